The molecule has 1 saturated carbocycles. The third-order valence-corrected chi connectivity index (χ3v) is 4.99. The fourth-order valence-electron chi connectivity index (χ4n) is 3.74. The van der Waals surface area contributed by atoms with E-state index < -0.39 is 0 Å². The molecule has 2 fully saturated rings. The molecule has 130 valence electrons. The average molecular weight is 330 g/mol. The van der Waals surface area contributed by atoms with Gasteiger partial charge in [-0.15, -0.1) is 0 Å². The van der Waals surface area contributed by atoms with E-state index in [9.17, 15) is 9.59 Å². The van der Waals surface area contributed by atoms with Gasteiger partial charge in [-0.25, -0.2) is 0 Å². The van der Waals surface area contributed by atoms with Crippen molar-refractivity contribution in [3.05, 3.63) is 24.3 Å². The van der Waals surface area contributed by atoms with Gasteiger partial charge in [0.05, 0.1) is 18.2 Å². The Morgan fingerprint density at radius 3 is 2.75 bits per heavy atom. The first kappa shape index (κ1) is 16.8. The summed E-state index contributed by atoms with van der Waals surface area (Å²) in [6.07, 6.45) is 6.11. The second-order valence-corrected chi connectivity index (χ2v) is 6.66. The lowest BCUT2D eigenvalue weighted by molar-refractivity contribution is -0.130. The molecule has 5 heteroatoms. The lowest BCUT2D eigenvalue weighted by atomic mass is 9.94. The van der Waals surface area contributed by atoms with E-state index in [1.165, 1.54) is 19.3 Å². The van der Waals surface area contributed by atoms with Crippen LogP contribution in [0.2, 0.25) is 0 Å². The van der Waals surface area contributed by atoms with Gasteiger partial charge < -0.3 is 15.0 Å². The van der Waals surface area contributed by atoms with Crippen LogP contribution in [0.1, 0.15) is 45.4 Å². The summed E-state index contributed by atoms with van der Waals surface area (Å²) in [5, 5.41) is 2.94. The van der Waals surface area contributed by atoms with E-state index in [1.54, 1.807) is 0 Å². The molecule has 0 aromatic heterocycles. The number of amides is 2. The van der Waals surface area contributed by atoms with Crippen LogP contribution >= 0.6 is 0 Å². The molecule has 2 aliphatic rings. The standard InChI is InChI=1S/C19H26N2O3/c1-2-24-17-11-7-6-10-16(17)20-19(23)14-12-18(22)21(13-14)15-8-4-3-5-9-15/h6-7,10-11,14-15H,2-5,8-9,12-13H2,1H3,(H,20,23)/t14-/m0/s1. The molecule has 3 rings (SSSR count). The van der Waals surface area contributed by atoms with Crippen molar-refractivity contribution in [2.24, 2.45) is 5.92 Å². The number of anilines is 1. The Morgan fingerprint density at radius 2 is 2.00 bits per heavy atom. The molecule has 1 N–H and O–H groups in total. The summed E-state index contributed by atoms with van der Waals surface area (Å²) in [6, 6.07) is 7.75. The first-order valence-electron chi connectivity index (χ1n) is 9.01. The van der Waals surface area contributed by atoms with Gasteiger partial charge in [-0.05, 0) is 31.9 Å². The van der Waals surface area contributed by atoms with Gasteiger partial charge in [0.1, 0.15) is 5.75 Å². The normalized spacial score (nSPS) is 21.8. The van der Waals surface area contributed by atoms with E-state index >= 15 is 0 Å². The predicted molar refractivity (Wildman–Crippen MR) is 92.9 cm³/mol. The number of likely N-dealkylation sites (tertiary alicyclic amines) is 1. The van der Waals surface area contributed by atoms with Crippen LogP contribution in [0.25, 0.3) is 0 Å². The number of hydrogen-bond acceptors (Lipinski definition) is 3. The van der Waals surface area contributed by atoms with Gasteiger partial charge in [0.25, 0.3) is 0 Å². The van der Waals surface area contributed by atoms with Gasteiger partial charge in [0, 0.05) is 19.0 Å². The van der Waals surface area contributed by atoms with Crippen molar-refractivity contribution in [1.29, 1.82) is 0 Å². The van der Waals surface area contributed by atoms with Crippen LogP contribution in [0.3, 0.4) is 0 Å². The molecule has 0 spiro atoms. The number of carbonyl (C=O) groups excluding carboxylic acids is 2. The summed E-state index contributed by atoms with van der Waals surface area (Å²) in [5.74, 6) is 0.435. The molecule has 2 amide bonds. The van der Waals surface area contributed by atoms with Gasteiger partial charge in [0.15, 0.2) is 0 Å². The smallest absolute Gasteiger partial charge is 0.229 e. The molecular weight excluding hydrogens is 304 g/mol. The number of nitrogens with zero attached hydrogens (tertiary/aromatic N) is 1. The zero-order valence-corrected chi connectivity index (χ0v) is 14.3. The Hall–Kier alpha value is -2.04. The van der Waals surface area contributed by atoms with E-state index in [-0.39, 0.29) is 17.7 Å². The Morgan fingerprint density at radius 1 is 1.25 bits per heavy atom. The minimum Gasteiger partial charge on any atom is -0.492 e. The summed E-state index contributed by atoms with van der Waals surface area (Å²) in [6.45, 7) is 3.01. The van der Waals surface area contributed by atoms with Gasteiger partial charge in [-0.2, -0.15) is 0 Å². The number of ether oxygens (including phenoxy) is 1. The van der Waals surface area contributed by atoms with E-state index in [0.717, 1.165) is 12.8 Å². The average Bonchev–Trinajstić information content (AvgIpc) is 3.00. The number of hydrogen-bond donors (Lipinski definition) is 1. The maximum atomic E-state index is 12.6. The van der Waals surface area contributed by atoms with Crippen molar-refractivity contribution in [3.8, 4) is 5.75 Å². The topological polar surface area (TPSA) is 58.6 Å². The van der Waals surface area contributed by atoms with Crippen molar-refractivity contribution >= 4 is 17.5 Å². The van der Waals surface area contributed by atoms with Crippen LogP contribution in [0.5, 0.6) is 5.75 Å². The number of nitrogens with one attached hydrogen (secondary N) is 1. The Bertz CT molecular complexity index is 596. The highest BCUT2D eigenvalue weighted by molar-refractivity contribution is 5.98. The fourth-order valence-corrected chi connectivity index (χ4v) is 3.74. The monoisotopic (exact) mass is 330 g/mol. The van der Waals surface area contributed by atoms with Crippen molar-refractivity contribution < 1.29 is 14.3 Å². The highest BCUT2D eigenvalue weighted by Gasteiger charge is 2.38. The summed E-state index contributed by atoms with van der Waals surface area (Å²) in [7, 11) is 0. The number of benzene rings is 1. The highest BCUT2D eigenvalue weighted by atomic mass is 16.5. The first-order valence-corrected chi connectivity index (χ1v) is 9.01. The van der Waals surface area contributed by atoms with Crippen LogP contribution in [-0.2, 0) is 9.59 Å². The van der Waals surface area contributed by atoms with Crippen LogP contribution in [0.4, 0.5) is 5.69 Å². The zero-order chi connectivity index (χ0) is 16.9. The lowest BCUT2D eigenvalue weighted by Crippen LogP contribution is -2.38. The minimum absolute atomic E-state index is 0.0891. The molecule has 1 atom stereocenters. The Labute approximate surface area is 143 Å². The van der Waals surface area contributed by atoms with E-state index in [0.29, 0.717) is 37.1 Å². The van der Waals surface area contributed by atoms with Gasteiger partial charge in [0.2, 0.25) is 11.8 Å². The van der Waals surface area contributed by atoms with E-state index in [1.807, 2.05) is 36.1 Å². The second-order valence-electron chi connectivity index (χ2n) is 6.66. The maximum absolute atomic E-state index is 12.6. The van der Waals surface area contributed by atoms with E-state index in [2.05, 4.69) is 5.32 Å². The third kappa shape index (κ3) is 3.71. The van der Waals surface area contributed by atoms with Crippen LogP contribution in [0.15, 0.2) is 24.3 Å². The van der Waals surface area contributed by atoms with E-state index in [4.69, 9.17) is 4.74 Å². The quantitative estimate of drug-likeness (QED) is 0.902. The molecule has 1 saturated heterocycles. The Balaban J connectivity index is 1.63. The molecule has 1 aromatic carbocycles. The number of rotatable bonds is 5. The van der Waals surface area contributed by atoms with Crippen LogP contribution in [-0.4, -0.2) is 35.9 Å². The summed E-state index contributed by atoms with van der Waals surface area (Å²) >= 11 is 0. The van der Waals surface area contributed by atoms with Crippen molar-refractivity contribution in [2.75, 3.05) is 18.5 Å². The molecule has 24 heavy (non-hydrogen) atoms. The summed E-state index contributed by atoms with van der Waals surface area (Å²) < 4.78 is 5.55. The molecule has 0 bridgehead atoms. The van der Waals surface area contributed by atoms with Crippen molar-refractivity contribution in [2.45, 2.75) is 51.5 Å². The van der Waals surface area contributed by atoms with Crippen LogP contribution in [0, 0.1) is 5.92 Å². The predicted octanol–water partition coefficient (Wildman–Crippen LogP) is 3.21. The molecule has 1 aliphatic carbocycles. The van der Waals surface area contributed by atoms with Gasteiger partial charge >= 0.3 is 0 Å². The minimum atomic E-state index is -0.269. The largest absolute Gasteiger partial charge is 0.492 e. The lowest BCUT2D eigenvalue weighted by Gasteiger charge is -2.31. The molecule has 1 aliphatic heterocycles. The van der Waals surface area contributed by atoms with Gasteiger partial charge in [-0.3, -0.25) is 9.59 Å². The fraction of sp³-hybridized carbons (Fsp3) is 0.579. The van der Waals surface area contributed by atoms with Gasteiger partial charge in [-0.1, -0.05) is 31.4 Å². The zero-order valence-electron chi connectivity index (χ0n) is 14.3. The van der Waals surface area contributed by atoms with Crippen molar-refractivity contribution in [1.82, 2.24) is 4.90 Å². The molecule has 5 nitrogen and oxygen atoms in total. The molecular formula is C19H26N2O3. The maximum Gasteiger partial charge on any atom is 0.229 e. The molecule has 1 heterocycles. The molecule has 1 aromatic rings. The van der Waals surface area contributed by atoms with Crippen LogP contribution < -0.4 is 10.1 Å². The first-order chi connectivity index (χ1) is 11.7. The molecule has 0 radical (unpaired) electrons. The number of para-hydroxylation sites is 2. The summed E-state index contributed by atoms with van der Waals surface area (Å²) in [4.78, 5) is 26.9. The molecule has 0 unspecified atom stereocenters. The number of carbonyl (C=O) groups is 2. The summed E-state index contributed by atoms with van der Waals surface area (Å²) in [5.41, 5.74) is 0.674. The highest BCUT2D eigenvalue weighted by Crippen LogP contribution is 2.30. The third-order valence-electron chi connectivity index (χ3n) is 4.99. The van der Waals surface area contributed by atoms with Crippen molar-refractivity contribution in [3.63, 3.8) is 0 Å². The Kier molecular flexibility index (Phi) is 5.38. The SMILES string of the molecule is CCOc1ccccc1NC(=O)[C@H]1CC(=O)N(C2CCCCC2)C1. The second kappa shape index (κ2) is 7.69.